The average molecular weight is 337 g/mol. The average Bonchev–Trinajstić information content (AvgIpc) is 2.64. The van der Waals surface area contributed by atoms with Crippen molar-refractivity contribution in [3.05, 3.63) is 70.3 Å². The third-order valence-electron chi connectivity index (χ3n) is 3.87. The van der Waals surface area contributed by atoms with E-state index in [1.54, 1.807) is 36.1 Å². The Balaban J connectivity index is 1.94. The number of pyridine rings is 2. The van der Waals surface area contributed by atoms with Gasteiger partial charge >= 0.3 is 0 Å². The molecule has 2 aromatic heterocycles. The summed E-state index contributed by atoms with van der Waals surface area (Å²) in [5, 5.41) is 3.20. The van der Waals surface area contributed by atoms with Gasteiger partial charge < -0.3 is 14.6 Å². The van der Waals surface area contributed by atoms with E-state index in [1.807, 2.05) is 31.2 Å². The molecule has 128 valence electrons. The largest absolute Gasteiger partial charge is 0.494 e. The molecule has 0 fully saturated rings. The van der Waals surface area contributed by atoms with Gasteiger partial charge in [0, 0.05) is 19.4 Å². The molecule has 25 heavy (non-hydrogen) atoms. The molecule has 6 nitrogen and oxygen atoms in total. The van der Waals surface area contributed by atoms with Crippen molar-refractivity contribution in [2.75, 3.05) is 6.61 Å². The van der Waals surface area contributed by atoms with E-state index in [1.165, 1.54) is 0 Å². The molecule has 0 spiro atoms. The Kier molecular flexibility index (Phi) is 4.79. The highest BCUT2D eigenvalue weighted by Gasteiger charge is 2.15. The number of rotatable bonds is 5. The lowest BCUT2D eigenvalue weighted by atomic mass is 10.1. The maximum atomic E-state index is 12.7. The maximum Gasteiger partial charge on any atom is 0.257 e. The van der Waals surface area contributed by atoms with Gasteiger partial charge in [-0.15, -0.1) is 0 Å². The first-order valence-corrected chi connectivity index (χ1v) is 8.04. The molecule has 3 aromatic rings. The molecule has 2 heterocycles. The molecule has 0 unspecified atom stereocenters. The number of hydrogen-bond acceptors (Lipinski definition) is 4. The lowest BCUT2D eigenvalue weighted by Crippen LogP contribution is -2.29. The molecule has 1 aromatic carbocycles. The molecule has 0 saturated heterocycles. The number of benzene rings is 1. The number of nitrogens with zero attached hydrogens (tertiary/aromatic N) is 2. The minimum Gasteiger partial charge on any atom is -0.494 e. The van der Waals surface area contributed by atoms with Gasteiger partial charge in [0.1, 0.15) is 11.3 Å². The Morgan fingerprint density at radius 1 is 1.28 bits per heavy atom. The zero-order valence-electron chi connectivity index (χ0n) is 14.2. The van der Waals surface area contributed by atoms with Gasteiger partial charge in [0.15, 0.2) is 0 Å². The molecule has 0 aliphatic carbocycles. The third kappa shape index (κ3) is 3.52. The van der Waals surface area contributed by atoms with E-state index < -0.39 is 5.91 Å². The first-order valence-electron chi connectivity index (χ1n) is 8.04. The summed E-state index contributed by atoms with van der Waals surface area (Å²) in [6.07, 6.45) is 3.21. The second kappa shape index (κ2) is 7.17. The van der Waals surface area contributed by atoms with Crippen LogP contribution in [0.5, 0.6) is 5.75 Å². The van der Waals surface area contributed by atoms with Crippen LogP contribution in [-0.2, 0) is 13.6 Å². The van der Waals surface area contributed by atoms with Gasteiger partial charge in [-0.1, -0.05) is 6.07 Å². The number of amides is 1. The van der Waals surface area contributed by atoms with Crippen LogP contribution in [0.3, 0.4) is 0 Å². The van der Waals surface area contributed by atoms with Gasteiger partial charge in [-0.2, -0.15) is 0 Å². The van der Waals surface area contributed by atoms with Crippen LogP contribution >= 0.6 is 0 Å². The first-order chi connectivity index (χ1) is 12.1. The number of nitrogens with one attached hydrogen (secondary N) is 1. The summed E-state index contributed by atoms with van der Waals surface area (Å²) in [6, 6.07) is 10.8. The minimum absolute atomic E-state index is 0.0968. The first kappa shape index (κ1) is 16.7. The van der Waals surface area contributed by atoms with Crippen molar-refractivity contribution in [2.45, 2.75) is 13.5 Å². The number of carbonyl (C=O) groups is 1. The Morgan fingerprint density at radius 2 is 2.12 bits per heavy atom. The minimum atomic E-state index is -0.421. The number of ether oxygens (including phenoxy) is 1. The van der Waals surface area contributed by atoms with Crippen LogP contribution in [0.15, 0.2) is 53.6 Å². The highest BCUT2D eigenvalue weighted by atomic mass is 16.5. The fourth-order valence-electron chi connectivity index (χ4n) is 2.66. The standard InChI is InChI=1S/C19H19N3O3/c1-3-25-14-7-8-17-15(10-14)18(23)16(12-22(17)2)19(24)21-11-13-6-4-5-9-20-13/h4-10,12H,3,11H2,1-2H3,(H,21,24). The highest BCUT2D eigenvalue weighted by molar-refractivity contribution is 5.97. The van der Waals surface area contributed by atoms with E-state index in [2.05, 4.69) is 10.3 Å². The number of aromatic nitrogens is 2. The molecule has 1 N–H and O–H groups in total. The van der Waals surface area contributed by atoms with Gasteiger partial charge in [0.05, 0.1) is 29.7 Å². The number of fused-ring (bicyclic) bond motifs is 1. The molecular weight excluding hydrogens is 318 g/mol. The Labute approximate surface area is 145 Å². The van der Waals surface area contributed by atoms with Gasteiger partial charge in [0.25, 0.3) is 5.91 Å². The Hall–Kier alpha value is -3.15. The van der Waals surface area contributed by atoms with Crippen molar-refractivity contribution in [2.24, 2.45) is 7.05 Å². The van der Waals surface area contributed by atoms with E-state index in [4.69, 9.17) is 4.74 Å². The Morgan fingerprint density at radius 3 is 2.84 bits per heavy atom. The zero-order chi connectivity index (χ0) is 17.8. The van der Waals surface area contributed by atoms with Gasteiger partial charge in [-0.3, -0.25) is 14.6 Å². The van der Waals surface area contributed by atoms with Crippen molar-refractivity contribution in [1.82, 2.24) is 14.9 Å². The van der Waals surface area contributed by atoms with E-state index in [0.717, 1.165) is 11.2 Å². The highest BCUT2D eigenvalue weighted by Crippen LogP contribution is 2.18. The number of hydrogen-bond donors (Lipinski definition) is 1. The Bertz CT molecular complexity index is 965. The summed E-state index contributed by atoms with van der Waals surface area (Å²) in [5.41, 5.74) is 1.26. The fraction of sp³-hybridized carbons (Fsp3) is 0.211. The van der Waals surface area contributed by atoms with E-state index in [0.29, 0.717) is 17.7 Å². The van der Waals surface area contributed by atoms with E-state index in [-0.39, 0.29) is 17.5 Å². The molecule has 1 amide bonds. The van der Waals surface area contributed by atoms with Crippen molar-refractivity contribution in [1.29, 1.82) is 0 Å². The predicted octanol–water partition coefficient (Wildman–Crippen LogP) is 2.26. The summed E-state index contributed by atoms with van der Waals surface area (Å²) >= 11 is 0. The smallest absolute Gasteiger partial charge is 0.257 e. The molecule has 0 aliphatic rings. The monoisotopic (exact) mass is 337 g/mol. The lowest BCUT2D eigenvalue weighted by molar-refractivity contribution is 0.0949. The second-order valence-corrected chi connectivity index (χ2v) is 5.60. The molecule has 6 heteroatoms. The molecule has 0 saturated carbocycles. The summed E-state index contributed by atoms with van der Waals surface area (Å²) in [4.78, 5) is 29.4. The normalized spacial score (nSPS) is 10.6. The van der Waals surface area contributed by atoms with Gasteiger partial charge in [-0.05, 0) is 37.3 Å². The summed E-state index contributed by atoms with van der Waals surface area (Å²) < 4.78 is 7.22. The molecule has 3 rings (SSSR count). The molecule has 0 aliphatic heterocycles. The maximum absolute atomic E-state index is 12.7. The van der Waals surface area contributed by atoms with Crippen LogP contribution in [0.2, 0.25) is 0 Å². The summed E-state index contributed by atoms with van der Waals surface area (Å²) in [7, 11) is 1.80. The lowest BCUT2D eigenvalue weighted by Gasteiger charge is -2.11. The van der Waals surface area contributed by atoms with Crippen molar-refractivity contribution in [3.63, 3.8) is 0 Å². The van der Waals surface area contributed by atoms with Gasteiger partial charge in [0.2, 0.25) is 5.43 Å². The number of aryl methyl sites for hydroxylation is 1. The quantitative estimate of drug-likeness (QED) is 0.775. The van der Waals surface area contributed by atoms with Gasteiger partial charge in [-0.25, -0.2) is 0 Å². The van der Waals surface area contributed by atoms with Crippen LogP contribution in [0.4, 0.5) is 0 Å². The topological polar surface area (TPSA) is 73.2 Å². The molecular formula is C19H19N3O3. The van der Waals surface area contributed by atoms with E-state index >= 15 is 0 Å². The zero-order valence-corrected chi connectivity index (χ0v) is 14.2. The summed E-state index contributed by atoms with van der Waals surface area (Å²) in [5.74, 6) is 0.188. The van der Waals surface area contributed by atoms with Crippen molar-refractivity contribution < 1.29 is 9.53 Å². The molecule has 0 atom stereocenters. The van der Waals surface area contributed by atoms with E-state index in [9.17, 15) is 9.59 Å². The van der Waals surface area contributed by atoms with Crippen LogP contribution in [-0.4, -0.2) is 22.1 Å². The fourth-order valence-corrected chi connectivity index (χ4v) is 2.66. The van der Waals surface area contributed by atoms with Crippen molar-refractivity contribution >= 4 is 16.8 Å². The SMILES string of the molecule is CCOc1ccc2c(c1)c(=O)c(C(=O)NCc1ccccn1)cn2C. The van der Waals surface area contributed by atoms with Crippen LogP contribution in [0.25, 0.3) is 10.9 Å². The van der Waals surface area contributed by atoms with Crippen LogP contribution < -0.4 is 15.5 Å². The number of carbonyl (C=O) groups excluding carboxylic acids is 1. The predicted molar refractivity (Wildman–Crippen MR) is 95.8 cm³/mol. The third-order valence-corrected chi connectivity index (χ3v) is 3.87. The second-order valence-electron chi connectivity index (χ2n) is 5.60. The van der Waals surface area contributed by atoms with Crippen LogP contribution in [0.1, 0.15) is 23.0 Å². The summed E-state index contributed by atoms with van der Waals surface area (Å²) in [6.45, 7) is 2.65. The molecule has 0 bridgehead atoms. The van der Waals surface area contributed by atoms with Crippen LogP contribution in [0, 0.1) is 0 Å². The van der Waals surface area contributed by atoms with Crippen molar-refractivity contribution in [3.8, 4) is 5.75 Å². The molecule has 0 radical (unpaired) electrons.